The van der Waals surface area contributed by atoms with Crippen LogP contribution in [0.25, 0.3) is 10.2 Å². The Hall–Kier alpha value is -0.970. The topological polar surface area (TPSA) is 34.1 Å². The number of benzene rings is 1. The van der Waals surface area contributed by atoms with Gasteiger partial charge in [-0.1, -0.05) is 12.1 Å². The fourth-order valence-electron chi connectivity index (χ4n) is 2.46. The molecule has 2 unspecified atom stereocenters. The summed E-state index contributed by atoms with van der Waals surface area (Å²) >= 11 is 1.79. The molecule has 3 rings (SSSR count). The van der Waals surface area contributed by atoms with Gasteiger partial charge in [0.25, 0.3) is 0 Å². The zero-order valence-corrected chi connectivity index (χ0v) is 11.4. The first-order valence-electron chi connectivity index (χ1n) is 6.60. The minimum atomic E-state index is 0.195. The molecule has 1 aromatic heterocycles. The zero-order chi connectivity index (χ0) is 12.4. The van der Waals surface area contributed by atoms with Crippen LogP contribution in [0, 0.1) is 0 Å². The van der Waals surface area contributed by atoms with Crippen molar-refractivity contribution in [2.75, 3.05) is 6.61 Å². The number of nitrogens with zero attached hydrogens (tertiary/aromatic N) is 1. The lowest BCUT2D eigenvalue weighted by Gasteiger charge is -2.29. The molecular weight excluding hydrogens is 244 g/mol. The van der Waals surface area contributed by atoms with Crippen molar-refractivity contribution >= 4 is 21.6 Å². The Morgan fingerprint density at radius 3 is 3.11 bits per heavy atom. The maximum absolute atomic E-state index is 5.67. The summed E-state index contributed by atoms with van der Waals surface area (Å²) in [4.78, 5) is 4.73. The highest BCUT2D eigenvalue weighted by Crippen LogP contribution is 2.31. The van der Waals surface area contributed by atoms with Crippen LogP contribution in [0.5, 0.6) is 0 Å². The highest BCUT2D eigenvalue weighted by Gasteiger charge is 2.24. The second-order valence-electron chi connectivity index (χ2n) is 4.61. The standard InChI is InChI=1S/C14H18N2OS/c1-2-17-13-9-5-7-11(15-13)14-16-10-6-3-4-8-12(10)18-14/h3-4,6,8,11,13,15H,2,5,7,9H2,1H3. The fourth-order valence-corrected chi connectivity index (χ4v) is 3.53. The van der Waals surface area contributed by atoms with E-state index in [0.717, 1.165) is 25.0 Å². The number of aromatic nitrogens is 1. The first-order chi connectivity index (χ1) is 8.86. The van der Waals surface area contributed by atoms with Crippen molar-refractivity contribution in [1.29, 1.82) is 0 Å². The van der Waals surface area contributed by atoms with E-state index in [1.165, 1.54) is 16.1 Å². The van der Waals surface area contributed by atoms with Crippen molar-refractivity contribution in [2.45, 2.75) is 38.5 Å². The molecule has 0 amide bonds. The van der Waals surface area contributed by atoms with Crippen LogP contribution in [-0.4, -0.2) is 17.8 Å². The van der Waals surface area contributed by atoms with Crippen molar-refractivity contribution in [2.24, 2.45) is 0 Å². The predicted molar refractivity (Wildman–Crippen MR) is 74.8 cm³/mol. The Labute approximate surface area is 111 Å². The molecule has 18 heavy (non-hydrogen) atoms. The van der Waals surface area contributed by atoms with Gasteiger partial charge in [0.15, 0.2) is 0 Å². The molecule has 1 saturated heterocycles. The number of para-hydroxylation sites is 1. The Balaban J connectivity index is 1.80. The van der Waals surface area contributed by atoms with Crippen LogP contribution >= 0.6 is 11.3 Å². The second-order valence-corrected chi connectivity index (χ2v) is 5.68. The van der Waals surface area contributed by atoms with Gasteiger partial charge < -0.3 is 4.74 Å². The molecule has 0 saturated carbocycles. The van der Waals surface area contributed by atoms with Gasteiger partial charge in [-0.2, -0.15) is 0 Å². The third-order valence-electron chi connectivity index (χ3n) is 3.32. The molecule has 4 heteroatoms. The van der Waals surface area contributed by atoms with E-state index in [1.807, 2.05) is 13.0 Å². The molecule has 3 nitrogen and oxygen atoms in total. The third-order valence-corrected chi connectivity index (χ3v) is 4.47. The first kappa shape index (κ1) is 12.1. The summed E-state index contributed by atoms with van der Waals surface area (Å²) in [5.74, 6) is 0. The number of hydrogen-bond acceptors (Lipinski definition) is 4. The van der Waals surface area contributed by atoms with Gasteiger partial charge in [-0.15, -0.1) is 11.3 Å². The number of fused-ring (bicyclic) bond motifs is 1. The molecule has 2 aromatic rings. The van der Waals surface area contributed by atoms with Crippen LogP contribution in [0.2, 0.25) is 0 Å². The number of thiazole rings is 1. The average molecular weight is 262 g/mol. The van der Waals surface area contributed by atoms with E-state index < -0.39 is 0 Å². The van der Waals surface area contributed by atoms with Crippen LogP contribution in [-0.2, 0) is 4.74 Å². The van der Waals surface area contributed by atoms with E-state index in [-0.39, 0.29) is 6.23 Å². The zero-order valence-electron chi connectivity index (χ0n) is 10.6. The molecule has 1 aliphatic rings. The van der Waals surface area contributed by atoms with Crippen LogP contribution < -0.4 is 5.32 Å². The molecule has 0 radical (unpaired) electrons. The van der Waals surface area contributed by atoms with Gasteiger partial charge in [-0.05, 0) is 38.3 Å². The molecule has 2 atom stereocenters. The van der Waals surface area contributed by atoms with Crippen molar-refractivity contribution < 1.29 is 4.74 Å². The molecule has 1 fully saturated rings. The van der Waals surface area contributed by atoms with Crippen LogP contribution in [0.15, 0.2) is 24.3 Å². The van der Waals surface area contributed by atoms with Crippen LogP contribution in [0.1, 0.15) is 37.2 Å². The largest absolute Gasteiger partial charge is 0.364 e. The fraction of sp³-hybridized carbons (Fsp3) is 0.500. The molecular formula is C14H18N2OS. The van der Waals surface area contributed by atoms with Crippen molar-refractivity contribution in [1.82, 2.24) is 10.3 Å². The quantitative estimate of drug-likeness (QED) is 0.919. The Bertz CT molecular complexity index is 490. The summed E-state index contributed by atoms with van der Waals surface area (Å²) < 4.78 is 6.95. The van der Waals surface area contributed by atoms with Gasteiger partial charge in [0.2, 0.25) is 0 Å². The molecule has 0 aliphatic carbocycles. The van der Waals surface area contributed by atoms with E-state index in [2.05, 4.69) is 23.5 Å². The highest BCUT2D eigenvalue weighted by molar-refractivity contribution is 7.18. The van der Waals surface area contributed by atoms with Gasteiger partial charge in [-0.3, -0.25) is 5.32 Å². The van der Waals surface area contributed by atoms with E-state index >= 15 is 0 Å². The van der Waals surface area contributed by atoms with Crippen LogP contribution in [0.3, 0.4) is 0 Å². The smallest absolute Gasteiger partial charge is 0.111 e. The van der Waals surface area contributed by atoms with E-state index in [1.54, 1.807) is 11.3 Å². The number of rotatable bonds is 3. The van der Waals surface area contributed by atoms with E-state index in [9.17, 15) is 0 Å². The monoisotopic (exact) mass is 262 g/mol. The lowest BCUT2D eigenvalue weighted by molar-refractivity contribution is 0.00662. The first-order valence-corrected chi connectivity index (χ1v) is 7.41. The highest BCUT2D eigenvalue weighted by atomic mass is 32.1. The molecule has 2 heterocycles. The Morgan fingerprint density at radius 1 is 1.39 bits per heavy atom. The van der Waals surface area contributed by atoms with Crippen LogP contribution in [0.4, 0.5) is 0 Å². The molecule has 1 N–H and O–H groups in total. The molecule has 1 aliphatic heterocycles. The lowest BCUT2D eigenvalue weighted by atomic mass is 10.0. The van der Waals surface area contributed by atoms with Crippen molar-refractivity contribution in [3.8, 4) is 0 Å². The summed E-state index contributed by atoms with van der Waals surface area (Å²) in [6.45, 7) is 2.81. The third kappa shape index (κ3) is 2.41. The number of ether oxygens (including phenoxy) is 1. The lowest BCUT2D eigenvalue weighted by Crippen LogP contribution is -2.38. The molecule has 0 spiro atoms. The number of piperidine rings is 1. The van der Waals surface area contributed by atoms with Gasteiger partial charge >= 0.3 is 0 Å². The van der Waals surface area contributed by atoms with Gasteiger partial charge in [0.05, 0.1) is 16.3 Å². The number of nitrogens with one attached hydrogen (secondary N) is 1. The van der Waals surface area contributed by atoms with Crippen molar-refractivity contribution in [3.05, 3.63) is 29.3 Å². The van der Waals surface area contributed by atoms with Gasteiger partial charge in [0.1, 0.15) is 11.2 Å². The minimum Gasteiger partial charge on any atom is -0.364 e. The van der Waals surface area contributed by atoms with Gasteiger partial charge in [-0.25, -0.2) is 4.98 Å². The summed E-state index contributed by atoms with van der Waals surface area (Å²) in [5, 5.41) is 4.75. The predicted octanol–water partition coefficient (Wildman–Crippen LogP) is 3.47. The summed E-state index contributed by atoms with van der Waals surface area (Å²) in [7, 11) is 0. The SMILES string of the molecule is CCOC1CCCC(c2nc3ccccc3s2)N1. The summed E-state index contributed by atoms with van der Waals surface area (Å²) in [5.41, 5.74) is 1.11. The molecule has 1 aromatic carbocycles. The summed E-state index contributed by atoms with van der Waals surface area (Å²) in [6, 6.07) is 8.69. The second kappa shape index (κ2) is 5.34. The van der Waals surface area contributed by atoms with E-state index in [0.29, 0.717) is 6.04 Å². The summed E-state index contributed by atoms with van der Waals surface area (Å²) in [6.07, 6.45) is 3.66. The van der Waals surface area contributed by atoms with E-state index in [4.69, 9.17) is 9.72 Å². The maximum Gasteiger partial charge on any atom is 0.111 e. The Kier molecular flexibility index (Phi) is 3.59. The molecule has 96 valence electrons. The average Bonchev–Trinajstić information content (AvgIpc) is 2.83. The normalized spacial score (nSPS) is 24.5. The van der Waals surface area contributed by atoms with Crippen molar-refractivity contribution in [3.63, 3.8) is 0 Å². The Morgan fingerprint density at radius 2 is 2.28 bits per heavy atom. The molecule has 0 bridgehead atoms. The minimum absolute atomic E-state index is 0.195. The number of hydrogen-bond donors (Lipinski definition) is 1. The maximum atomic E-state index is 5.67. The van der Waals surface area contributed by atoms with Gasteiger partial charge in [0, 0.05) is 6.61 Å².